The molecule has 4 nitrogen and oxygen atoms in total. The van der Waals surface area contributed by atoms with Crippen LogP contribution in [0.2, 0.25) is 0 Å². The second-order valence-corrected chi connectivity index (χ2v) is 5.60. The van der Waals surface area contributed by atoms with Crippen molar-refractivity contribution in [1.82, 2.24) is 9.55 Å². The van der Waals surface area contributed by atoms with Gasteiger partial charge >= 0.3 is 0 Å². The summed E-state index contributed by atoms with van der Waals surface area (Å²) in [6.45, 7) is 0.848. The Bertz CT molecular complexity index is 541. The third-order valence-corrected chi connectivity index (χ3v) is 5.21. The molecule has 0 bridgehead atoms. The number of ether oxygens (including phenoxy) is 1. The van der Waals surface area contributed by atoms with Crippen molar-refractivity contribution in [2.24, 2.45) is 0 Å². The maximum Gasteiger partial charge on any atom is 0.185 e. The van der Waals surface area contributed by atoms with Crippen LogP contribution in [0.5, 0.6) is 0 Å². The number of carbonyl (C=O) groups excluding carboxylic acids is 1. The van der Waals surface area contributed by atoms with Crippen LogP contribution in [-0.2, 0) is 18.1 Å². The highest BCUT2D eigenvalue weighted by molar-refractivity contribution is 14.1. The highest BCUT2D eigenvalue weighted by Gasteiger charge is 2.12. The van der Waals surface area contributed by atoms with Crippen molar-refractivity contribution in [2.45, 2.75) is 13.3 Å². The lowest BCUT2D eigenvalue weighted by molar-refractivity contribution is 0.0603. The van der Waals surface area contributed by atoms with Crippen LogP contribution in [0.4, 0.5) is 0 Å². The Balaban J connectivity index is 2.00. The van der Waals surface area contributed by atoms with Crippen molar-refractivity contribution >= 4 is 51.5 Å². The molecule has 0 saturated carbocycles. The van der Waals surface area contributed by atoms with Gasteiger partial charge in [-0.05, 0) is 50.7 Å². The number of hydrogen-bond donors (Lipinski definition) is 0. The van der Waals surface area contributed by atoms with E-state index in [-0.39, 0.29) is 0 Å². The van der Waals surface area contributed by atoms with Gasteiger partial charge in [0.2, 0.25) is 0 Å². The zero-order valence-electron chi connectivity index (χ0n) is 9.35. The third kappa shape index (κ3) is 3.29. The molecule has 0 spiro atoms. The average Bonchev–Trinajstić information content (AvgIpc) is 2.67. The summed E-state index contributed by atoms with van der Waals surface area (Å²) < 4.78 is 9.10. The lowest BCUT2D eigenvalue weighted by Gasteiger charge is -2.07. The van der Waals surface area contributed by atoms with Crippen molar-refractivity contribution in [1.29, 1.82) is 0 Å². The summed E-state index contributed by atoms with van der Waals surface area (Å²) >= 11 is 4.26. The van der Waals surface area contributed by atoms with E-state index in [1.165, 1.54) is 0 Å². The molecular formula is C12H10I2N2O2. The molecule has 6 heteroatoms. The monoisotopic (exact) mass is 468 g/mol. The third-order valence-electron chi connectivity index (χ3n) is 2.33. The molecule has 94 valence electrons. The smallest absolute Gasteiger partial charge is 0.185 e. The number of rotatable bonds is 5. The first-order valence-corrected chi connectivity index (χ1v) is 7.36. The van der Waals surface area contributed by atoms with Crippen LogP contribution >= 0.6 is 45.2 Å². The van der Waals surface area contributed by atoms with Crippen molar-refractivity contribution in [3.63, 3.8) is 0 Å². The molecule has 0 aliphatic rings. The Labute approximate surface area is 132 Å². The zero-order valence-corrected chi connectivity index (χ0v) is 13.7. The molecule has 0 aliphatic heterocycles. The van der Waals surface area contributed by atoms with Gasteiger partial charge < -0.3 is 4.74 Å². The van der Waals surface area contributed by atoms with Gasteiger partial charge in [0.05, 0.1) is 6.61 Å². The van der Waals surface area contributed by atoms with Gasteiger partial charge in [-0.25, -0.2) is 4.98 Å². The van der Waals surface area contributed by atoms with Crippen molar-refractivity contribution < 1.29 is 9.53 Å². The van der Waals surface area contributed by atoms with Crippen LogP contribution in [-0.4, -0.2) is 15.8 Å². The lowest BCUT2D eigenvalue weighted by Crippen LogP contribution is -2.08. The van der Waals surface area contributed by atoms with Crippen LogP contribution < -0.4 is 0 Å². The minimum Gasteiger partial charge on any atom is -0.356 e. The number of aromatic nitrogens is 2. The molecule has 0 N–H and O–H groups in total. The van der Waals surface area contributed by atoms with Crippen LogP contribution in [0.3, 0.4) is 0 Å². The molecule has 1 heterocycles. The quantitative estimate of drug-likeness (QED) is 0.501. The van der Waals surface area contributed by atoms with Gasteiger partial charge in [0, 0.05) is 0 Å². The number of nitrogens with zero attached hydrogens (tertiary/aromatic N) is 2. The van der Waals surface area contributed by atoms with Gasteiger partial charge in [-0.1, -0.05) is 30.3 Å². The number of carbonyl (C=O) groups is 1. The minimum atomic E-state index is 0.331. The molecule has 0 saturated heterocycles. The van der Waals surface area contributed by atoms with Crippen molar-refractivity contribution in [2.75, 3.05) is 0 Å². The largest absolute Gasteiger partial charge is 0.356 e. The summed E-state index contributed by atoms with van der Waals surface area (Å²) in [5, 5.41) is 0. The van der Waals surface area contributed by atoms with E-state index >= 15 is 0 Å². The zero-order chi connectivity index (χ0) is 13.0. The lowest BCUT2D eigenvalue weighted by atomic mass is 10.2. The first-order valence-electron chi connectivity index (χ1n) is 5.20. The molecule has 0 radical (unpaired) electrons. The van der Waals surface area contributed by atoms with E-state index in [0.717, 1.165) is 19.3 Å². The second kappa shape index (κ2) is 6.62. The molecule has 0 atom stereocenters. The Morgan fingerprint density at radius 3 is 2.67 bits per heavy atom. The molecule has 18 heavy (non-hydrogen) atoms. The highest BCUT2D eigenvalue weighted by Crippen LogP contribution is 2.16. The SMILES string of the molecule is O=Cc1nc(I)c(I)n1COCc1ccccc1. The van der Waals surface area contributed by atoms with Crippen LogP contribution in [0.1, 0.15) is 16.2 Å². The fraction of sp³-hybridized carbons (Fsp3) is 0.167. The van der Waals surface area contributed by atoms with E-state index in [2.05, 4.69) is 50.2 Å². The summed E-state index contributed by atoms with van der Waals surface area (Å²) in [6, 6.07) is 9.92. The molecular weight excluding hydrogens is 458 g/mol. The average molecular weight is 468 g/mol. The molecule has 2 aromatic rings. The summed E-state index contributed by atoms with van der Waals surface area (Å²) in [6.07, 6.45) is 0.746. The predicted octanol–water partition coefficient (Wildman–Crippen LogP) is 3.08. The second-order valence-electron chi connectivity index (χ2n) is 3.56. The Kier molecular flexibility index (Phi) is 5.13. The van der Waals surface area contributed by atoms with E-state index in [9.17, 15) is 4.79 Å². The van der Waals surface area contributed by atoms with E-state index in [1.807, 2.05) is 30.3 Å². The molecule has 2 rings (SSSR count). The van der Waals surface area contributed by atoms with Crippen LogP contribution in [0.15, 0.2) is 30.3 Å². The summed E-state index contributed by atoms with van der Waals surface area (Å²) in [5.74, 6) is 0.400. The fourth-order valence-corrected chi connectivity index (χ4v) is 2.51. The van der Waals surface area contributed by atoms with Gasteiger partial charge in [-0.15, -0.1) is 0 Å². The first-order chi connectivity index (χ1) is 8.72. The normalized spacial score (nSPS) is 10.6. The number of benzene rings is 1. The Morgan fingerprint density at radius 1 is 1.28 bits per heavy atom. The van der Waals surface area contributed by atoms with Gasteiger partial charge in [-0.2, -0.15) is 0 Å². The van der Waals surface area contributed by atoms with Gasteiger partial charge in [0.25, 0.3) is 0 Å². The Morgan fingerprint density at radius 2 is 2.00 bits per heavy atom. The molecule has 0 amide bonds. The molecule has 0 unspecified atom stereocenters. The van der Waals surface area contributed by atoms with Crippen LogP contribution in [0.25, 0.3) is 0 Å². The topological polar surface area (TPSA) is 44.1 Å². The maximum atomic E-state index is 10.9. The summed E-state index contributed by atoms with van der Waals surface area (Å²) in [4.78, 5) is 15.0. The van der Waals surface area contributed by atoms with Gasteiger partial charge in [0.15, 0.2) is 12.1 Å². The van der Waals surface area contributed by atoms with Crippen molar-refractivity contribution in [3.8, 4) is 0 Å². The first kappa shape index (κ1) is 13.9. The standard InChI is InChI=1S/C12H10I2N2O2/c13-11-12(14)16(10(6-17)15-11)8-18-7-9-4-2-1-3-5-9/h1-6H,7-8H2. The maximum absolute atomic E-state index is 10.9. The summed E-state index contributed by atoms with van der Waals surface area (Å²) in [7, 11) is 0. The predicted molar refractivity (Wildman–Crippen MR) is 84.3 cm³/mol. The van der Waals surface area contributed by atoms with Crippen LogP contribution in [0, 0.1) is 7.40 Å². The number of aldehydes is 1. The van der Waals surface area contributed by atoms with E-state index in [4.69, 9.17) is 4.74 Å². The molecule has 1 aromatic carbocycles. The molecule has 1 aromatic heterocycles. The number of halogens is 2. The molecule has 0 fully saturated rings. The van der Waals surface area contributed by atoms with Crippen molar-refractivity contribution in [3.05, 3.63) is 49.1 Å². The number of imidazole rings is 1. The van der Waals surface area contributed by atoms with E-state index < -0.39 is 0 Å². The fourth-order valence-electron chi connectivity index (χ4n) is 1.46. The van der Waals surface area contributed by atoms with E-state index in [1.54, 1.807) is 4.57 Å². The van der Waals surface area contributed by atoms with Gasteiger partial charge in [-0.3, -0.25) is 9.36 Å². The number of hydrogen-bond acceptors (Lipinski definition) is 3. The molecule has 0 aliphatic carbocycles. The highest BCUT2D eigenvalue weighted by atomic mass is 127. The van der Waals surface area contributed by atoms with Gasteiger partial charge in [0.1, 0.15) is 14.1 Å². The summed E-state index contributed by atoms with van der Waals surface area (Å²) in [5.41, 5.74) is 1.11. The van der Waals surface area contributed by atoms with E-state index in [0.29, 0.717) is 19.2 Å². The minimum absolute atomic E-state index is 0.331. The Hall–Kier alpha value is -0.480.